The summed E-state index contributed by atoms with van der Waals surface area (Å²) in [6.45, 7) is 0. The first-order valence-corrected chi connectivity index (χ1v) is 6.38. The molecule has 18 heavy (non-hydrogen) atoms. The SMILES string of the molecule is COc1ccc(C(C#N)Cc2cccs2)cc1F. The van der Waals surface area contributed by atoms with Gasteiger partial charge in [0, 0.05) is 11.3 Å². The van der Waals surface area contributed by atoms with E-state index < -0.39 is 5.82 Å². The molecule has 1 aromatic carbocycles. The number of benzene rings is 1. The van der Waals surface area contributed by atoms with Crippen LogP contribution in [0.2, 0.25) is 0 Å². The molecule has 4 heteroatoms. The van der Waals surface area contributed by atoms with Crippen molar-refractivity contribution < 1.29 is 9.13 Å². The van der Waals surface area contributed by atoms with E-state index >= 15 is 0 Å². The van der Waals surface area contributed by atoms with Crippen molar-refractivity contribution in [2.75, 3.05) is 7.11 Å². The van der Waals surface area contributed by atoms with Gasteiger partial charge in [-0.2, -0.15) is 5.26 Å². The van der Waals surface area contributed by atoms with Crippen molar-refractivity contribution in [3.8, 4) is 11.8 Å². The molecular weight excluding hydrogens is 249 g/mol. The number of hydrogen-bond donors (Lipinski definition) is 0. The third kappa shape index (κ3) is 2.69. The van der Waals surface area contributed by atoms with E-state index in [1.165, 1.54) is 13.2 Å². The van der Waals surface area contributed by atoms with Crippen molar-refractivity contribution in [1.29, 1.82) is 5.26 Å². The maximum absolute atomic E-state index is 13.6. The summed E-state index contributed by atoms with van der Waals surface area (Å²) in [6, 6.07) is 10.8. The van der Waals surface area contributed by atoms with E-state index in [9.17, 15) is 9.65 Å². The van der Waals surface area contributed by atoms with Gasteiger partial charge in [0.25, 0.3) is 0 Å². The van der Waals surface area contributed by atoms with Crippen molar-refractivity contribution in [1.82, 2.24) is 0 Å². The smallest absolute Gasteiger partial charge is 0.165 e. The Hall–Kier alpha value is -1.86. The fraction of sp³-hybridized carbons (Fsp3) is 0.214. The first kappa shape index (κ1) is 12.6. The average Bonchev–Trinajstić information content (AvgIpc) is 2.88. The van der Waals surface area contributed by atoms with E-state index in [0.717, 1.165) is 4.88 Å². The largest absolute Gasteiger partial charge is 0.494 e. The fourth-order valence-corrected chi connectivity index (χ4v) is 2.52. The molecule has 1 heterocycles. The van der Waals surface area contributed by atoms with Crippen LogP contribution in [0.15, 0.2) is 35.7 Å². The van der Waals surface area contributed by atoms with E-state index in [2.05, 4.69) is 6.07 Å². The highest BCUT2D eigenvalue weighted by Gasteiger charge is 2.14. The van der Waals surface area contributed by atoms with Crippen LogP contribution in [0.1, 0.15) is 16.4 Å². The monoisotopic (exact) mass is 261 g/mol. The molecule has 0 spiro atoms. The lowest BCUT2D eigenvalue weighted by atomic mass is 9.96. The minimum absolute atomic E-state index is 0.201. The van der Waals surface area contributed by atoms with Crippen LogP contribution in [-0.2, 0) is 6.42 Å². The third-order valence-electron chi connectivity index (χ3n) is 2.72. The number of methoxy groups -OCH3 is 1. The van der Waals surface area contributed by atoms with Crippen LogP contribution >= 0.6 is 11.3 Å². The molecule has 2 aromatic rings. The van der Waals surface area contributed by atoms with Gasteiger partial charge in [-0.3, -0.25) is 0 Å². The van der Waals surface area contributed by atoms with Crippen molar-refractivity contribution in [2.24, 2.45) is 0 Å². The number of nitriles is 1. The van der Waals surface area contributed by atoms with Crippen LogP contribution < -0.4 is 4.74 Å². The molecule has 0 bridgehead atoms. The first-order valence-electron chi connectivity index (χ1n) is 5.50. The molecule has 1 unspecified atom stereocenters. The van der Waals surface area contributed by atoms with Crippen molar-refractivity contribution >= 4 is 11.3 Å². The lowest BCUT2D eigenvalue weighted by molar-refractivity contribution is 0.386. The number of nitrogens with zero attached hydrogens (tertiary/aromatic N) is 1. The molecule has 0 radical (unpaired) electrons. The molecule has 0 aliphatic rings. The van der Waals surface area contributed by atoms with Gasteiger partial charge in [-0.05, 0) is 29.1 Å². The predicted octanol–water partition coefficient (Wildman–Crippen LogP) is 3.75. The maximum atomic E-state index is 13.6. The normalized spacial score (nSPS) is 11.8. The molecule has 0 saturated carbocycles. The third-order valence-corrected chi connectivity index (χ3v) is 3.62. The molecular formula is C14H12FNOS. The zero-order valence-electron chi connectivity index (χ0n) is 9.89. The van der Waals surface area contributed by atoms with Gasteiger partial charge < -0.3 is 4.74 Å². The van der Waals surface area contributed by atoms with E-state index in [-0.39, 0.29) is 11.7 Å². The van der Waals surface area contributed by atoms with Crippen LogP contribution in [0.25, 0.3) is 0 Å². The summed E-state index contributed by atoms with van der Waals surface area (Å²) in [4.78, 5) is 1.12. The standard InChI is InChI=1S/C14H12FNOS/c1-17-14-5-4-10(8-13(14)15)11(9-16)7-12-3-2-6-18-12/h2-6,8,11H,7H2,1H3. The van der Waals surface area contributed by atoms with Gasteiger partial charge in [-0.25, -0.2) is 4.39 Å². The summed E-state index contributed by atoms with van der Waals surface area (Å²) in [5.74, 6) is -0.558. The Morgan fingerprint density at radius 1 is 1.44 bits per heavy atom. The van der Waals surface area contributed by atoms with Crippen LogP contribution in [0.3, 0.4) is 0 Å². The molecule has 1 atom stereocenters. The highest BCUT2D eigenvalue weighted by Crippen LogP contribution is 2.26. The van der Waals surface area contributed by atoms with Crippen molar-refractivity contribution in [3.63, 3.8) is 0 Å². The number of rotatable bonds is 4. The summed E-state index contributed by atoms with van der Waals surface area (Å²) >= 11 is 1.60. The topological polar surface area (TPSA) is 33.0 Å². The van der Waals surface area contributed by atoms with Gasteiger partial charge in [-0.1, -0.05) is 12.1 Å². The number of ether oxygens (including phenoxy) is 1. The number of hydrogen-bond acceptors (Lipinski definition) is 3. The lowest BCUT2D eigenvalue weighted by Crippen LogP contribution is -2.00. The second kappa shape index (κ2) is 5.65. The van der Waals surface area contributed by atoms with Gasteiger partial charge in [-0.15, -0.1) is 11.3 Å². The highest BCUT2D eigenvalue weighted by molar-refractivity contribution is 7.09. The Morgan fingerprint density at radius 2 is 2.28 bits per heavy atom. The summed E-state index contributed by atoms with van der Waals surface area (Å²) in [5, 5.41) is 11.2. The van der Waals surface area contributed by atoms with Gasteiger partial charge in [0.1, 0.15) is 0 Å². The predicted molar refractivity (Wildman–Crippen MR) is 69.3 cm³/mol. The second-order valence-corrected chi connectivity index (χ2v) is 4.89. The van der Waals surface area contributed by atoms with Gasteiger partial charge in [0.05, 0.1) is 19.1 Å². The van der Waals surface area contributed by atoms with E-state index in [1.807, 2.05) is 17.5 Å². The van der Waals surface area contributed by atoms with Crippen molar-refractivity contribution in [3.05, 3.63) is 52.0 Å². The maximum Gasteiger partial charge on any atom is 0.165 e. The molecule has 0 saturated heterocycles. The Kier molecular flexibility index (Phi) is 3.96. The van der Waals surface area contributed by atoms with Gasteiger partial charge >= 0.3 is 0 Å². The molecule has 0 aliphatic heterocycles. The molecule has 2 rings (SSSR count). The Bertz CT molecular complexity index is 560. The molecule has 0 amide bonds. The van der Waals surface area contributed by atoms with E-state index in [4.69, 9.17) is 4.74 Å². The van der Waals surface area contributed by atoms with E-state index in [0.29, 0.717) is 12.0 Å². The van der Waals surface area contributed by atoms with Crippen LogP contribution in [0, 0.1) is 17.1 Å². The fourth-order valence-electron chi connectivity index (χ4n) is 1.77. The van der Waals surface area contributed by atoms with E-state index in [1.54, 1.807) is 23.5 Å². The Labute approximate surface area is 109 Å². The molecule has 0 fully saturated rings. The molecule has 1 aromatic heterocycles. The molecule has 0 aliphatic carbocycles. The van der Waals surface area contributed by atoms with Gasteiger partial charge in [0.2, 0.25) is 0 Å². The zero-order valence-corrected chi connectivity index (χ0v) is 10.7. The lowest BCUT2D eigenvalue weighted by Gasteiger charge is -2.10. The molecule has 92 valence electrons. The average molecular weight is 261 g/mol. The van der Waals surface area contributed by atoms with Crippen LogP contribution in [0.5, 0.6) is 5.75 Å². The molecule has 0 N–H and O–H groups in total. The van der Waals surface area contributed by atoms with Gasteiger partial charge in [0.15, 0.2) is 11.6 Å². The summed E-state index contributed by atoms with van der Waals surface area (Å²) in [5.41, 5.74) is 0.684. The second-order valence-electron chi connectivity index (χ2n) is 3.86. The minimum Gasteiger partial charge on any atom is -0.494 e. The summed E-state index contributed by atoms with van der Waals surface area (Å²) < 4.78 is 18.5. The Balaban J connectivity index is 2.23. The van der Waals surface area contributed by atoms with Crippen LogP contribution in [0.4, 0.5) is 4.39 Å². The summed E-state index contributed by atoms with van der Waals surface area (Å²) in [7, 11) is 1.42. The quantitative estimate of drug-likeness (QED) is 0.839. The summed E-state index contributed by atoms with van der Waals surface area (Å²) in [6.07, 6.45) is 0.611. The highest BCUT2D eigenvalue weighted by atomic mass is 32.1. The number of halogens is 1. The minimum atomic E-state index is -0.429. The zero-order chi connectivity index (χ0) is 13.0. The Morgan fingerprint density at radius 3 is 2.83 bits per heavy atom. The molecule has 2 nitrogen and oxygen atoms in total. The number of thiophene rings is 1. The van der Waals surface area contributed by atoms with Crippen LogP contribution in [-0.4, -0.2) is 7.11 Å². The first-order chi connectivity index (χ1) is 8.74. The van der Waals surface area contributed by atoms with Crippen molar-refractivity contribution in [2.45, 2.75) is 12.3 Å².